The first-order chi connectivity index (χ1) is 7.29. The number of rotatable bonds is 4. The number of hydrogen-bond donors (Lipinski definition) is 0. The van der Waals surface area contributed by atoms with Crippen molar-refractivity contribution in [3.8, 4) is 0 Å². The third-order valence-corrected chi connectivity index (χ3v) is 3.16. The summed E-state index contributed by atoms with van der Waals surface area (Å²) in [5, 5.41) is 11.7. The highest BCUT2D eigenvalue weighted by molar-refractivity contribution is 9.09. The van der Waals surface area contributed by atoms with Crippen molar-refractivity contribution in [2.75, 3.05) is 0 Å². The zero-order chi connectivity index (χ0) is 10.7. The molecule has 2 heterocycles. The normalized spacial score (nSPS) is 12.9. The van der Waals surface area contributed by atoms with Crippen LogP contribution in [0.4, 0.5) is 0 Å². The maximum atomic E-state index is 4.98. The molecule has 0 aromatic carbocycles. The smallest absolute Gasteiger partial charge is 0.158 e. The Morgan fingerprint density at radius 3 is 3.13 bits per heavy atom. The van der Waals surface area contributed by atoms with Gasteiger partial charge in [-0.15, -0.1) is 5.10 Å². The van der Waals surface area contributed by atoms with E-state index in [9.17, 15) is 0 Å². The van der Waals surface area contributed by atoms with Gasteiger partial charge in [-0.1, -0.05) is 33.2 Å². The summed E-state index contributed by atoms with van der Waals surface area (Å²) in [6, 6.07) is 1.81. The maximum Gasteiger partial charge on any atom is 0.158 e. The zero-order valence-corrected chi connectivity index (χ0v) is 9.88. The first-order valence-corrected chi connectivity index (χ1v) is 5.65. The minimum absolute atomic E-state index is 0.265. The summed E-state index contributed by atoms with van der Waals surface area (Å²) >= 11 is 3.52. The van der Waals surface area contributed by atoms with Gasteiger partial charge in [0, 0.05) is 6.07 Å². The molecule has 0 N–H and O–H groups in total. The number of nitrogens with zero attached hydrogens (tertiary/aromatic N) is 4. The molecule has 5 nitrogen and oxygen atoms in total. The van der Waals surface area contributed by atoms with Crippen LogP contribution in [-0.4, -0.2) is 20.2 Å². The van der Waals surface area contributed by atoms with Crippen molar-refractivity contribution in [3.63, 3.8) is 0 Å². The summed E-state index contributed by atoms with van der Waals surface area (Å²) in [5.74, 6) is 0.772. The van der Waals surface area contributed by atoms with E-state index in [2.05, 4.69) is 38.3 Å². The van der Waals surface area contributed by atoms with Crippen molar-refractivity contribution < 1.29 is 4.52 Å². The lowest BCUT2D eigenvalue weighted by Crippen LogP contribution is -1.98. The molecule has 6 heteroatoms. The van der Waals surface area contributed by atoms with Gasteiger partial charge in [-0.2, -0.15) is 0 Å². The van der Waals surface area contributed by atoms with Crippen LogP contribution in [0.2, 0.25) is 0 Å². The van der Waals surface area contributed by atoms with Crippen molar-refractivity contribution in [2.24, 2.45) is 0 Å². The summed E-state index contributed by atoms with van der Waals surface area (Å²) in [6.45, 7) is 2.66. The number of halogens is 1. The fourth-order valence-corrected chi connectivity index (χ4v) is 1.44. The molecule has 15 heavy (non-hydrogen) atoms. The monoisotopic (exact) mass is 270 g/mol. The first kappa shape index (κ1) is 10.4. The Labute approximate surface area is 95.6 Å². The topological polar surface area (TPSA) is 56.7 Å². The number of alkyl halides is 1. The number of aromatic nitrogens is 4. The van der Waals surface area contributed by atoms with Gasteiger partial charge in [-0.3, -0.25) is 0 Å². The van der Waals surface area contributed by atoms with Gasteiger partial charge in [0.1, 0.15) is 6.54 Å². The van der Waals surface area contributed by atoms with Gasteiger partial charge >= 0.3 is 0 Å². The maximum absolute atomic E-state index is 4.98. The number of hydrogen-bond acceptors (Lipinski definition) is 4. The largest absolute Gasteiger partial charge is 0.359 e. The lowest BCUT2D eigenvalue weighted by atomic mass is 10.3. The first-order valence-electron chi connectivity index (χ1n) is 4.73. The molecule has 80 valence electrons. The third kappa shape index (κ3) is 2.44. The molecule has 0 aliphatic heterocycles. The Hall–Kier alpha value is -1.17. The molecule has 0 fully saturated rings. The molecule has 2 aromatic heterocycles. The highest BCUT2D eigenvalue weighted by atomic mass is 79.9. The lowest BCUT2D eigenvalue weighted by molar-refractivity contribution is 0.370. The van der Waals surface area contributed by atoms with Gasteiger partial charge in [0.15, 0.2) is 5.76 Å². The van der Waals surface area contributed by atoms with Crippen LogP contribution in [0.3, 0.4) is 0 Å². The quantitative estimate of drug-likeness (QED) is 0.799. The van der Waals surface area contributed by atoms with E-state index in [0.29, 0.717) is 6.54 Å². The van der Waals surface area contributed by atoms with Crippen LogP contribution in [0.5, 0.6) is 0 Å². The minimum atomic E-state index is 0.265. The van der Waals surface area contributed by atoms with E-state index in [-0.39, 0.29) is 4.83 Å². The summed E-state index contributed by atoms with van der Waals surface area (Å²) in [6.07, 6.45) is 4.51. The predicted octanol–water partition coefficient (Wildman–Crippen LogP) is 2.16. The molecule has 0 spiro atoms. The standard InChI is InChI=1S/C9H11BrN4O/c1-2-8(10)9-6-14(13-12-9)5-7-3-4-11-15-7/h3-4,6,8H,2,5H2,1H3. The molecule has 0 amide bonds. The van der Waals surface area contributed by atoms with Crippen LogP contribution in [-0.2, 0) is 6.54 Å². The highest BCUT2D eigenvalue weighted by Gasteiger charge is 2.10. The highest BCUT2D eigenvalue weighted by Crippen LogP contribution is 2.23. The van der Waals surface area contributed by atoms with E-state index in [1.165, 1.54) is 0 Å². The Kier molecular flexibility index (Phi) is 3.15. The molecular weight excluding hydrogens is 260 g/mol. The Bertz CT molecular complexity index is 411. The van der Waals surface area contributed by atoms with Gasteiger partial charge in [0.25, 0.3) is 0 Å². The van der Waals surface area contributed by atoms with Gasteiger partial charge in [-0.25, -0.2) is 4.68 Å². The molecule has 0 bridgehead atoms. The van der Waals surface area contributed by atoms with E-state index in [1.54, 1.807) is 10.9 Å². The molecule has 1 atom stereocenters. The molecule has 2 rings (SSSR count). The summed E-state index contributed by atoms with van der Waals surface area (Å²) in [5.41, 5.74) is 0.942. The molecule has 0 saturated heterocycles. The van der Waals surface area contributed by atoms with Crippen LogP contribution >= 0.6 is 15.9 Å². The predicted molar refractivity (Wildman–Crippen MR) is 57.6 cm³/mol. The summed E-state index contributed by atoms with van der Waals surface area (Å²) in [7, 11) is 0. The molecule has 1 unspecified atom stereocenters. The van der Waals surface area contributed by atoms with E-state index < -0.39 is 0 Å². The second kappa shape index (κ2) is 4.57. The van der Waals surface area contributed by atoms with E-state index in [4.69, 9.17) is 4.52 Å². The van der Waals surface area contributed by atoms with Crippen molar-refractivity contribution in [3.05, 3.63) is 29.9 Å². The van der Waals surface area contributed by atoms with Crippen molar-refractivity contribution in [2.45, 2.75) is 24.7 Å². The minimum Gasteiger partial charge on any atom is -0.359 e. The molecule has 0 saturated carbocycles. The lowest BCUT2D eigenvalue weighted by Gasteiger charge is -1.98. The van der Waals surface area contributed by atoms with E-state index in [0.717, 1.165) is 17.9 Å². The van der Waals surface area contributed by atoms with Crippen molar-refractivity contribution in [1.29, 1.82) is 0 Å². The van der Waals surface area contributed by atoms with E-state index >= 15 is 0 Å². The van der Waals surface area contributed by atoms with Crippen LogP contribution in [0.1, 0.15) is 29.6 Å². The van der Waals surface area contributed by atoms with Crippen LogP contribution in [0.15, 0.2) is 23.0 Å². The fraction of sp³-hybridized carbons (Fsp3) is 0.444. The van der Waals surface area contributed by atoms with Crippen molar-refractivity contribution >= 4 is 15.9 Å². The van der Waals surface area contributed by atoms with E-state index in [1.807, 2.05) is 12.3 Å². The second-order valence-corrected chi connectivity index (χ2v) is 4.30. The van der Waals surface area contributed by atoms with Crippen LogP contribution in [0, 0.1) is 0 Å². The van der Waals surface area contributed by atoms with Gasteiger partial charge in [0.05, 0.1) is 22.9 Å². The summed E-state index contributed by atoms with van der Waals surface area (Å²) < 4.78 is 6.72. The van der Waals surface area contributed by atoms with Crippen LogP contribution < -0.4 is 0 Å². The zero-order valence-electron chi connectivity index (χ0n) is 8.30. The molecule has 0 aliphatic carbocycles. The van der Waals surface area contributed by atoms with Gasteiger partial charge < -0.3 is 4.52 Å². The third-order valence-electron chi connectivity index (χ3n) is 2.04. The molecule has 0 aliphatic rings. The van der Waals surface area contributed by atoms with Gasteiger partial charge in [0.2, 0.25) is 0 Å². The average Bonchev–Trinajstić information content (AvgIpc) is 2.88. The molecule has 2 aromatic rings. The Morgan fingerprint density at radius 2 is 2.47 bits per heavy atom. The SMILES string of the molecule is CCC(Br)c1cn(Cc2ccno2)nn1. The second-order valence-electron chi connectivity index (χ2n) is 3.20. The van der Waals surface area contributed by atoms with Crippen molar-refractivity contribution in [1.82, 2.24) is 20.2 Å². The fourth-order valence-electron chi connectivity index (χ4n) is 1.23. The molecule has 0 radical (unpaired) electrons. The molecular formula is C9H11BrN4O. The van der Waals surface area contributed by atoms with Crippen LogP contribution in [0.25, 0.3) is 0 Å². The van der Waals surface area contributed by atoms with Gasteiger partial charge in [-0.05, 0) is 6.42 Å². The summed E-state index contributed by atoms with van der Waals surface area (Å²) in [4.78, 5) is 0.265. The Balaban J connectivity index is 2.07. The average molecular weight is 271 g/mol. The Morgan fingerprint density at radius 1 is 1.60 bits per heavy atom.